The average molecular weight is 455 g/mol. The average Bonchev–Trinajstić information content (AvgIpc) is 2.50. The van der Waals surface area contributed by atoms with E-state index in [1.54, 1.807) is 0 Å². The molecule has 13 nitrogen and oxygen atoms in total. The van der Waals surface area contributed by atoms with Gasteiger partial charge in [0, 0.05) is 5.39 Å². The number of rotatable bonds is 4. The number of carboxylic acids is 1. The molecule has 0 atom stereocenters. The van der Waals surface area contributed by atoms with Crippen molar-refractivity contribution in [1.29, 1.82) is 0 Å². The molecule has 0 amide bonds. The molecule has 0 aromatic heterocycles. The third kappa shape index (κ3) is 4.43. The molecule has 0 saturated heterocycles. The van der Waals surface area contributed by atoms with E-state index in [0.29, 0.717) is 24.3 Å². The third-order valence-corrected chi connectivity index (χ3v) is 5.78. The van der Waals surface area contributed by atoms with Gasteiger partial charge in [0.25, 0.3) is 30.4 Å². The Labute approximate surface area is 156 Å². The number of carbonyl (C=O) groups is 2. The molecular formula is C12H7O13S3-. The zero-order valence-electron chi connectivity index (χ0n) is 13.0. The van der Waals surface area contributed by atoms with Crippen LogP contribution in [0.15, 0.2) is 39.0 Å². The Hall–Kier alpha value is -2.63. The fourth-order valence-electron chi connectivity index (χ4n) is 2.10. The van der Waals surface area contributed by atoms with Crippen LogP contribution in [0.3, 0.4) is 0 Å². The van der Waals surface area contributed by atoms with Gasteiger partial charge in [-0.05, 0) is 29.7 Å². The van der Waals surface area contributed by atoms with Crippen molar-refractivity contribution in [3.05, 3.63) is 24.3 Å². The highest BCUT2D eigenvalue weighted by Crippen LogP contribution is 2.35. The summed E-state index contributed by atoms with van der Waals surface area (Å²) >= 11 is 0. The highest BCUT2D eigenvalue weighted by atomic mass is 32.2. The van der Waals surface area contributed by atoms with Crippen LogP contribution in [-0.2, 0) is 39.9 Å². The van der Waals surface area contributed by atoms with E-state index < -0.39 is 73.5 Å². The van der Waals surface area contributed by atoms with Gasteiger partial charge >= 0.3 is 5.97 Å². The summed E-state index contributed by atoms with van der Waals surface area (Å²) in [6.45, 7) is 0. The fraction of sp³-hybridized carbons (Fsp3) is 0. The van der Waals surface area contributed by atoms with Crippen LogP contribution in [0.25, 0.3) is 10.8 Å². The number of aliphatic carboxylic acids is 1. The van der Waals surface area contributed by atoms with Gasteiger partial charge in [-0.25, -0.2) is 4.79 Å². The molecule has 0 fully saturated rings. The minimum Gasteiger partial charge on any atom is -0.539 e. The molecule has 16 heteroatoms. The van der Waals surface area contributed by atoms with Gasteiger partial charge < -0.3 is 14.6 Å². The topological polar surface area (TPSA) is 230 Å². The second-order valence-electron chi connectivity index (χ2n) is 5.04. The molecule has 152 valence electrons. The Bertz CT molecular complexity index is 1330. The van der Waals surface area contributed by atoms with Crippen LogP contribution >= 0.6 is 0 Å². The van der Waals surface area contributed by atoms with Gasteiger partial charge in [-0.2, -0.15) is 25.3 Å². The lowest BCUT2D eigenvalue weighted by Gasteiger charge is -2.13. The van der Waals surface area contributed by atoms with E-state index in [0.717, 1.165) is 0 Å². The number of carboxylic acid groups (broad SMARTS) is 1. The van der Waals surface area contributed by atoms with E-state index in [1.165, 1.54) is 0 Å². The van der Waals surface area contributed by atoms with Gasteiger partial charge in [0.2, 0.25) is 0 Å². The van der Waals surface area contributed by atoms with Crippen molar-refractivity contribution < 1.29 is 58.3 Å². The first-order valence-electron chi connectivity index (χ1n) is 6.49. The highest BCUT2D eigenvalue weighted by molar-refractivity contribution is 7.87. The number of carbonyl (C=O) groups excluding carboxylic acids is 2. The van der Waals surface area contributed by atoms with Gasteiger partial charge in [0.15, 0.2) is 11.7 Å². The summed E-state index contributed by atoms with van der Waals surface area (Å²) < 4.78 is 100. The van der Waals surface area contributed by atoms with Gasteiger partial charge in [0.05, 0.1) is 4.90 Å². The van der Waals surface area contributed by atoms with Crippen LogP contribution in [0.4, 0.5) is 0 Å². The van der Waals surface area contributed by atoms with Crippen molar-refractivity contribution in [2.45, 2.75) is 14.7 Å². The maximum absolute atomic E-state index is 11.5. The SMILES string of the molecule is O=C([O-])C(=O)Oc1cc2c(S(=O)(=O)O)cc(S(=O)(=O)O)cc2cc1S(=O)(=O)O. The van der Waals surface area contributed by atoms with E-state index in [-0.39, 0.29) is 0 Å². The van der Waals surface area contributed by atoms with Crippen molar-refractivity contribution in [3.8, 4) is 5.75 Å². The standard InChI is InChI=1S/C12H8O13S3/c13-11(14)12(15)25-8-4-7-5(2-10(8)28(22,23)24)1-6(26(16,17)18)3-9(7)27(19,20)21/h1-4H,(H,13,14)(H,16,17,18)(H,19,20,21)(H,22,23,24)/p-1. The van der Waals surface area contributed by atoms with E-state index in [4.69, 9.17) is 4.55 Å². The molecule has 2 aromatic rings. The van der Waals surface area contributed by atoms with E-state index in [9.17, 15) is 49.1 Å². The summed E-state index contributed by atoms with van der Waals surface area (Å²) in [5.74, 6) is -5.67. The molecule has 0 unspecified atom stereocenters. The van der Waals surface area contributed by atoms with Crippen LogP contribution in [0.1, 0.15) is 0 Å². The lowest BCUT2D eigenvalue weighted by atomic mass is 10.1. The lowest BCUT2D eigenvalue weighted by molar-refractivity contribution is -0.302. The Morgan fingerprint density at radius 2 is 1.32 bits per heavy atom. The predicted octanol–water partition coefficient (Wildman–Crippen LogP) is -1.76. The minimum absolute atomic E-state index is 0.310. The summed E-state index contributed by atoms with van der Waals surface area (Å²) in [6.07, 6.45) is 0. The van der Waals surface area contributed by atoms with Crippen LogP contribution in [-0.4, -0.2) is 50.9 Å². The molecule has 0 aliphatic rings. The maximum Gasteiger partial charge on any atom is 0.359 e. The third-order valence-electron chi connectivity index (χ3n) is 3.18. The molecule has 0 saturated carbocycles. The Morgan fingerprint density at radius 3 is 1.75 bits per heavy atom. The van der Waals surface area contributed by atoms with Gasteiger partial charge in [-0.3, -0.25) is 13.7 Å². The van der Waals surface area contributed by atoms with Gasteiger partial charge in [-0.1, -0.05) is 0 Å². The van der Waals surface area contributed by atoms with Crippen LogP contribution in [0, 0.1) is 0 Å². The lowest BCUT2D eigenvalue weighted by Crippen LogP contribution is -2.35. The Kier molecular flexibility index (Phi) is 5.23. The van der Waals surface area contributed by atoms with Crippen molar-refractivity contribution in [2.24, 2.45) is 0 Å². The first kappa shape index (κ1) is 21.7. The van der Waals surface area contributed by atoms with Gasteiger partial charge in [-0.15, -0.1) is 0 Å². The van der Waals surface area contributed by atoms with E-state index >= 15 is 0 Å². The van der Waals surface area contributed by atoms with Crippen LogP contribution < -0.4 is 9.84 Å². The van der Waals surface area contributed by atoms with E-state index in [1.807, 2.05) is 0 Å². The molecule has 0 spiro atoms. The van der Waals surface area contributed by atoms with Crippen LogP contribution in [0.2, 0.25) is 0 Å². The quantitative estimate of drug-likeness (QED) is 0.201. The molecular weight excluding hydrogens is 448 g/mol. The summed E-state index contributed by atoms with van der Waals surface area (Å²) in [4.78, 5) is 18.2. The first-order valence-corrected chi connectivity index (χ1v) is 10.8. The predicted molar refractivity (Wildman–Crippen MR) is 84.0 cm³/mol. The Balaban J connectivity index is 3.04. The zero-order valence-corrected chi connectivity index (χ0v) is 15.4. The van der Waals surface area contributed by atoms with Gasteiger partial charge in [0.1, 0.15) is 9.79 Å². The second-order valence-corrected chi connectivity index (χ2v) is 9.25. The van der Waals surface area contributed by atoms with Crippen LogP contribution in [0.5, 0.6) is 5.75 Å². The number of hydrogen-bond acceptors (Lipinski definition) is 10. The maximum atomic E-state index is 11.5. The molecule has 2 rings (SSSR count). The molecule has 0 heterocycles. The molecule has 0 radical (unpaired) electrons. The normalized spacial score (nSPS) is 12.7. The minimum atomic E-state index is -5.21. The molecule has 0 aliphatic carbocycles. The van der Waals surface area contributed by atoms with E-state index in [2.05, 4.69) is 4.74 Å². The summed E-state index contributed by atoms with van der Waals surface area (Å²) in [6, 6.07) is 1.75. The smallest absolute Gasteiger partial charge is 0.359 e. The van der Waals surface area contributed by atoms with Crippen molar-refractivity contribution >= 4 is 53.1 Å². The van der Waals surface area contributed by atoms with Crippen molar-refractivity contribution in [1.82, 2.24) is 0 Å². The molecule has 0 bridgehead atoms. The first-order chi connectivity index (χ1) is 12.5. The molecule has 3 N–H and O–H groups in total. The number of fused-ring (bicyclic) bond motifs is 1. The molecule has 2 aromatic carbocycles. The number of esters is 1. The fourth-order valence-corrected chi connectivity index (χ4v) is 4.07. The zero-order chi connectivity index (χ0) is 21.7. The number of benzene rings is 2. The number of hydrogen-bond donors (Lipinski definition) is 3. The molecule has 28 heavy (non-hydrogen) atoms. The van der Waals surface area contributed by atoms with Crippen molar-refractivity contribution in [3.63, 3.8) is 0 Å². The monoisotopic (exact) mass is 455 g/mol. The molecule has 0 aliphatic heterocycles. The highest BCUT2D eigenvalue weighted by Gasteiger charge is 2.26. The summed E-state index contributed by atoms with van der Waals surface area (Å²) in [5.41, 5.74) is 0. The van der Waals surface area contributed by atoms with Crippen molar-refractivity contribution in [2.75, 3.05) is 0 Å². The Morgan fingerprint density at radius 1 is 0.786 bits per heavy atom. The second kappa shape index (κ2) is 6.76. The largest absolute Gasteiger partial charge is 0.539 e. The summed E-state index contributed by atoms with van der Waals surface area (Å²) in [7, 11) is -15.4. The summed E-state index contributed by atoms with van der Waals surface area (Å²) in [5, 5.41) is 9.28. The number of ether oxygens (including phenoxy) is 1.